The first-order valence-electron chi connectivity index (χ1n) is 13.9. The summed E-state index contributed by atoms with van der Waals surface area (Å²) >= 11 is 25.0. The molecule has 0 aliphatic heterocycles. The SMILES string of the molecule is CCCCNC(=O)C(Cc1ccccc1)N(Cc1ccc(Cl)cc1Cl)C(=O)CCCN(c1cc(Cl)ccc1Cl)S(C)(=O)=O. The number of amides is 2. The van der Waals surface area contributed by atoms with Crippen LogP contribution in [-0.2, 0) is 32.6 Å². The fraction of sp³-hybridized carbons (Fsp3) is 0.355. The van der Waals surface area contributed by atoms with Gasteiger partial charge in [-0.05, 0) is 54.3 Å². The number of hydrogen-bond donors (Lipinski definition) is 1. The maximum absolute atomic E-state index is 13.9. The van der Waals surface area contributed by atoms with Crippen LogP contribution in [0.3, 0.4) is 0 Å². The number of nitrogens with one attached hydrogen (secondary N) is 1. The highest BCUT2D eigenvalue weighted by Crippen LogP contribution is 2.31. The minimum atomic E-state index is -3.75. The summed E-state index contributed by atoms with van der Waals surface area (Å²) in [5.41, 5.74) is 1.74. The highest BCUT2D eigenvalue weighted by Gasteiger charge is 2.31. The fourth-order valence-electron chi connectivity index (χ4n) is 4.55. The number of carbonyl (C=O) groups is 2. The van der Waals surface area contributed by atoms with E-state index < -0.39 is 16.1 Å². The molecule has 0 spiro atoms. The Morgan fingerprint density at radius 2 is 1.56 bits per heavy atom. The molecule has 2 amide bonds. The Bertz CT molecular complexity index is 1510. The number of halogens is 4. The maximum atomic E-state index is 13.9. The van der Waals surface area contributed by atoms with Crippen molar-refractivity contribution in [2.45, 2.75) is 51.6 Å². The van der Waals surface area contributed by atoms with Crippen molar-refractivity contribution < 1.29 is 18.0 Å². The van der Waals surface area contributed by atoms with Crippen molar-refractivity contribution >= 4 is 73.9 Å². The van der Waals surface area contributed by atoms with Crippen LogP contribution in [0.25, 0.3) is 0 Å². The summed E-state index contributed by atoms with van der Waals surface area (Å²) in [5.74, 6) is -0.609. The van der Waals surface area contributed by atoms with Gasteiger partial charge >= 0.3 is 0 Å². The molecule has 1 N–H and O–H groups in total. The number of nitrogens with zero attached hydrogens (tertiary/aromatic N) is 2. The summed E-state index contributed by atoms with van der Waals surface area (Å²) < 4.78 is 26.5. The van der Waals surface area contributed by atoms with Gasteiger partial charge in [-0.2, -0.15) is 0 Å². The van der Waals surface area contributed by atoms with Crippen molar-refractivity contribution in [1.29, 1.82) is 0 Å². The van der Waals surface area contributed by atoms with Crippen molar-refractivity contribution in [3.8, 4) is 0 Å². The molecule has 232 valence electrons. The quantitative estimate of drug-likeness (QED) is 0.169. The van der Waals surface area contributed by atoms with E-state index in [1.807, 2.05) is 37.3 Å². The Balaban J connectivity index is 1.92. The second-order valence-electron chi connectivity index (χ2n) is 10.1. The van der Waals surface area contributed by atoms with Gasteiger partial charge in [0.1, 0.15) is 6.04 Å². The van der Waals surface area contributed by atoms with Gasteiger partial charge < -0.3 is 10.2 Å². The summed E-state index contributed by atoms with van der Waals surface area (Å²) in [6, 6.07) is 18.2. The topological polar surface area (TPSA) is 86.8 Å². The number of anilines is 1. The number of benzene rings is 3. The monoisotopic (exact) mass is 685 g/mol. The molecule has 0 aliphatic rings. The van der Waals surface area contributed by atoms with Crippen LogP contribution in [-0.4, -0.2) is 50.5 Å². The summed E-state index contributed by atoms with van der Waals surface area (Å²) in [5, 5.41) is 4.33. The Kier molecular flexibility index (Phi) is 13.5. The lowest BCUT2D eigenvalue weighted by atomic mass is 10.0. The van der Waals surface area contributed by atoms with Crippen molar-refractivity contribution in [1.82, 2.24) is 10.2 Å². The molecule has 0 aliphatic carbocycles. The predicted molar refractivity (Wildman–Crippen MR) is 177 cm³/mol. The molecule has 0 radical (unpaired) electrons. The number of sulfonamides is 1. The van der Waals surface area contributed by atoms with Crippen LogP contribution in [0.1, 0.15) is 43.7 Å². The van der Waals surface area contributed by atoms with E-state index in [2.05, 4.69) is 5.32 Å². The van der Waals surface area contributed by atoms with Gasteiger partial charge in [-0.15, -0.1) is 0 Å². The molecular weight excluding hydrogens is 652 g/mol. The molecule has 0 heterocycles. The second-order valence-corrected chi connectivity index (χ2v) is 13.7. The number of carbonyl (C=O) groups excluding carboxylic acids is 2. The Labute approximate surface area is 274 Å². The van der Waals surface area contributed by atoms with Crippen LogP contribution >= 0.6 is 46.4 Å². The van der Waals surface area contributed by atoms with Gasteiger partial charge in [-0.3, -0.25) is 13.9 Å². The predicted octanol–water partition coefficient (Wildman–Crippen LogP) is 7.40. The zero-order valence-electron chi connectivity index (χ0n) is 24.0. The number of hydrogen-bond acceptors (Lipinski definition) is 4. The van der Waals surface area contributed by atoms with E-state index >= 15 is 0 Å². The van der Waals surface area contributed by atoms with Crippen LogP contribution in [0.2, 0.25) is 20.1 Å². The third-order valence-corrected chi connectivity index (χ3v) is 9.11. The molecule has 0 saturated carbocycles. The zero-order chi connectivity index (χ0) is 31.6. The molecule has 3 rings (SSSR count). The normalized spacial score (nSPS) is 12.0. The van der Waals surface area contributed by atoms with Crippen LogP contribution in [0.5, 0.6) is 0 Å². The summed E-state index contributed by atoms with van der Waals surface area (Å²) in [6.45, 7) is 2.55. The standard InChI is InChI=1S/C31H35Cl4N3O4S/c1-3-4-16-36-31(40)29(18-22-9-6-5-7-10-22)37(21-23-12-13-24(32)19-27(23)35)30(39)11-8-17-38(43(2,41)42)28-20-25(33)14-15-26(28)34/h5-7,9-10,12-15,19-20,29H,3-4,8,11,16-18,21H2,1-2H3,(H,36,40). The first kappa shape index (κ1) is 35.0. The van der Waals surface area contributed by atoms with E-state index in [4.69, 9.17) is 46.4 Å². The van der Waals surface area contributed by atoms with E-state index in [-0.39, 0.29) is 54.9 Å². The van der Waals surface area contributed by atoms with E-state index in [9.17, 15) is 18.0 Å². The zero-order valence-corrected chi connectivity index (χ0v) is 27.9. The molecule has 0 saturated heterocycles. The van der Waals surface area contributed by atoms with E-state index in [0.29, 0.717) is 27.2 Å². The minimum absolute atomic E-state index is 0.0216. The molecule has 0 fully saturated rings. The average Bonchev–Trinajstić information content (AvgIpc) is 2.95. The summed E-state index contributed by atoms with van der Waals surface area (Å²) in [6.07, 6.45) is 3.17. The summed E-state index contributed by atoms with van der Waals surface area (Å²) in [4.78, 5) is 29.0. The molecule has 3 aromatic carbocycles. The molecule has 7 nitrogen and oxygen atoms in total. The average molecular weight is 688 g/mol. The van der Waals surface area contributed by atoms with E-state index in [1.54, 1.807) is 24.3 Å². The van der Waals surface area contributed by atoms with Gasteiger partial charge in [-0.1, -0.05) is 96.1 Å². The van der Waals surface area contributed by atoms with Gasteiger partial charge in [0.25, 0.3) is 0 Å². The number of unbranched alkanes of at least 4 members (excludes halogenated alkanes) is 1. The van der Waals surface area contributed by atoms with Gasteiger partial charge in [0.05, 0.1) is 17.0 Å². The fourth-order valence-corrected chi connectivity index (χ4v) is 6.43. The number of rotatable bonds is 15. The van der Waals surface area contributed by atoms with Crippen LogP contribution < -0.4 is 9.62 Å². The van der Waals surface area contributed by atoms with Crippen molar-refractivity contribution in [2.75, 3.05) is 23.7 Å². The van der Waals surface area contributed by atoms with Gasteiger partial charge in [-0.25, -0.2) is 8.42 Å². The molecule has 1 atom stereocenters. The molecule has 0 bridgehead atoms. The van der Waals surface area contributed by atoms with Crippen LogP contribution in [0, 0.1) is 0 Å². The van der Waals surface area contributed by atoms with Gasteiger partial charge in [0.15, 0.2) is 0 Å². The second kappa shape index (κ2) is 16.5. The lowest BCUT2D eigenvalue weighted by molar-refractivity contribution is -0.141. The van der Waals surface area contributed by atoms with Gasteiger partial charge in [0, 0.05) is 47.5 Å². The lowest BCUT2D eigenvalue weighted by Crippen LogP contribution is -2.50. The molecule has 12 heteroatoms. The van der Waals surface area contributed by atoms with Gasteiger partial charge in [0.2, 0.25) is 21.8 Å². The first-order valence-corrected chi connectivity index (χ1v) is 17.2. The highest BCUT2D eigenvalue weighted by atomic mass is 35.5. The van der Waals surface area contributed by atoms with Crippen molar-refractivity contribution in [2.24, 2.45) is 0 Å². The third-order valence-electron chi connectivity index (χ3n) is 6.79. The third kappa shape index (κ3) is 10.6. The molecule has 43 heavy (non-hydrogen) atoms. The maximum Gasteiger partial charge on any atom is 0.243 e. The molecule has 0 aromatic heterocycles. The largest absolute Gasteiger partial charge is 0.354 e. The van der Waals surface area contributed by atoms with Crippen LogP contribution in [0.4, 0.5) is 5.69 Å². The molecule has 1 unspecified atom stereocenters. The van der Waals surface area contributed by atoms with Crippen LogP contribution in [0.15, 0.2) is 66.7 Å². The van der Waals surface area contributed by atoms with Crippen molar-refractivity contribution in [3.63, 3.8) is 0 Å². The molecule has 3 aromatic rings. The smallest absolute Gasteiger partial charge is 0.243 e. The van der Waals surface area contributed by atoms with E-state index in [0.717, 1.165) is 29.0 Å². The first-order chi connectivity index (χ1) is 20.4. The highest BCUT2D eigenvalue weighted by molar-refractivity contribution is 7.92. The van der Waals surface area contributed by atoms with Crippen molar-refractivity contribution in [3.05, 3.63) is 97.9 Å². The Morgan fingerprint density at radius 1 is 0.884 bits per heavy atom. The Morgan fingerprint density at radius 3 is 2.21 bits per heavy atom. The minimum Gasteiger partial charge on any atom is -0.354 e. The lowest BCUT2D eigenvalue weighted by Gasteiger charge is -2.32. The molecular formula is C31H35Cl4N3O4S. The Hall–Kier alpha value is -2.49. The van der Waals surface area contributed by atoms with E-state index in [1.165, 1.54) is 17.0 Å². The summed E-state index contributed by atoms with van der Waals surface area (Å²) in [7, 11) is -3.75.